The molecule has 0 spiro atoms. The van der Waals surface area contributed by atoms with Gasteiger partial charge in [0.2, 0.25) is 5.88 Å². The molecule has 2 amide bonds. The van der Waals surface area contributed by atoms with E-state index >= 15 is 0 Å². The molecule has 0 bridgehead atoms. The molecule has 0 saturated heterocycles. The highest BCUT2D eigenvalue weighted by atomic mass is 16.5. The first-order valence-electron chi connectivity index (χ1n) is 8.99. The molecule has 0 unspecified atom stereocenters. The second-order valence-electron chi connectivity index (χ2n) is 7.12. The number of pyridine rings is 1. The molecule has 3 aromatic rings. The van der Waals surface area contributed by atoms with Crippen LogP contribution in [0.3, 0.4) is 0 Å². The number of amides is 2. The first kappa shape index (κ1) is 18.6. The molecule has 2 aromatic heterocycles. The minimum absolute atomic E-state index is 0.0927. The van der Waals surface area contributed by atoms with E-state index in [1.807, 2.05) is 36.4 Å². The maximum Gasteiger partial charge on any atom is 0.326 e. The summed E-state index contributed by atoms with van der Waals surface area (Å²) in [6.07, 6.45) is 5.32. The molecular weight excluding hydrogens is 340 g/mol. The molecule has 3 rings (SSSR count). The Balaban J connectivity index is 1.56. The van der Waals surface area contributed by atoms with Gasteiger partial charge in [0, 0.05) is 29.6 Å². The molecule has 0 fully saturated rings. The van der Waals surface area contributed by atoms with E-state index in [-0.39, 0.29) is 11.4 Å². The van der Waals surface area contributed by atoms with Crippen LogP contribution in [0.1, 0.15) is 44.0 Å². The van der Waals surface area contributed by atoms with E-state index in [2.05, 4.69) is 41.5 Å². The van der Waals surface area contributed by atoms with Gasteiger partial charge in [0.05, 0.1) is 5.69 Å². The van der Waals surface area contributed by atoms with Gasteiger partial charge < -0.3 is 9.84 Å². The van der Waals surface area contributed by atoms with Gasteiger partial charge in [0.25, 0.3) is 0 Å². The number of aromatic nitrogens is 2. The number of nitrogens with one attached hydrogen (secondary N) is 2. The molecule has 6 heteroatoms. The predicted molar refractivity (Wildman–Crippen MR) is 106 cm³/mol. The number of hydrogen-bond acceptors (Lipinski definition) is 4. The molecule has 2 heterocycles. The Morgan fingerprint density at radius 3 is 2.37 bits per heavy atom. The van der Waals surface area contributed by atoms with Gasteiger partial charge in [-0.15, -0.1) is 0 Å². The predicted octanol–water partition coefficient (Wildman–Crippen LogP) is 4.99. The van der Waals surface area contributed by atoms with Crippen LogP contribution in [-0.4, -0.2) is 16.2 Å². The van der Waals surface area contributed by atoms with Crippen molar-refractivity contribution in [3.63, 3.8) is 0 Å². The average molecular weight is 364 g/mol. The first-order valence-corrected chi connectivity index (χ1v) is 8.99. The first-order chi connectivity index (χ1) is 13.0. The number of benzene rings is 1. The minimum atomic E-state index is -0.367. The van der Waals surface area contributed by atoms with Gasteiger partial charge in [0.15, 0.2) is 0 Å². The van der Waals surface area contributed by atoms with Crippen LogP contribution in [0, 0.1) is 0 Å². The van der Waals surface area contributed by atoms with Crippen molar-refractivity contribution in [1.82, 2.24) is 10.1 Å². The van der Waals surface area contributed by atoms with Crippen molar-refractivity contribution < 1.29 is 9.32 Å². The van der Waals surface area contributed by atoms with Crippen molar-refractivity contribution in [2.75, 3.05) is 10.6 Å². The summed E-state index contributed by atoms with van der Waals surface area (Å²) >= 11 is 0. The van der Waals surface area contributed by atoms with Gasteiger partial charge in [-0.2, -0.15) is 0 Å². The van der Waals surface area contributed by atoms with E-state index in [0.717, 1.165) is 24.1 Å². The largest absolute Gasteiger partial charge is 0.338 e. The lowest BCUT2D eigenvalue weighted by atomic mass is 9.87. The summed E-state index contributed by atoms with van der Waals surface area (Å²) in [5.74, 6) is 0.332. The van der Waals surface area contributed by atoms with E-state index in [0.29, 0.717) is 11.6 Å². The van der Waals surface area contributed by atoms with Crippen LogP contribution in [-0.2, 0) is 11.8 Å². The number of hydrogen-bond donors (Lipinski definition) is 2. The van der Waals surface area contributed by atoms with Crippen LogP contribution in [0.25, 0.3) is 0 Å². The second kappa shape index (κ2) is 8.03. The maximum atomic E-state index is 12.2. The van der Waals surface area contributed by atoms with Gasteiger partial charge in [-0.1, -0.05) is 38.1 Å². The lowest BCUT2D eigenvalue weighted by Gasteiger charge is -2.18. The number of rotatable bonds is 6. The van der Waals surface area contributed by atoms with Gasteiger partial charge in [0.1, 0.15) is 0 Å². The highest BCUT2D eigenvalue weighted by Gasteiger charge is 2.23. The van der Waals surface area contributed by atoms with Crippen LogP contribution in [0.15, 0.2) is 59.4 Å². The zero-order valence-corrected chi connectivity index (χ0v) is 15.8. The molecule has 0 radical (unpaired) electrons. The molecule has 0 saturated carbocycles. The van der Waals surface area contributed by atoms with Crippen molar-refractivity contribution in [3.8, 4) is 0 Å². The van der Waals surface area contributed by atoms with Crippen molar-refractivity contribution >= 4 is 17.6 Å². The van der Waals surface area contributed by atoms with Gasteiger partial charge in [-0.05, 0) is 48.2 Å². The molecule has 0 aliphatic carbocycles. The Hall–Kier alpha value is -3.15. The highest BCUT2D eigenvalue weighted by molar-refractivity contribution is 5.98. The monoisotopic (exact) mass is 364 g/mol. The van der Waals surface area contributed by atoms with E-state index in [1.54, 1.807) is 18.5 Å². The fourth-order valence-corrected chi connectivity index (χ4v) is 2.55. The average Bonchev–Trinajstić information content (AvgIpc) is 3.13. The Bertz CT molecular complexity index is 886. The Morgan fingerprint density at radius 2 is 1.70 bits per heavy atom. The van der Waals surface area contributed by atoms with Gasteiger partial charge >= 0.3 is 6.03 Å². The number of carbonyl (C=O) groups is 1. The molecule has 0 atom stereocenters. The van der Waals surface area contributed by atoms with Crippen molar-refractivity contribution in [1.29, 1.82) is 0 Å². The molecule has 0 aliphatic rings. The highest BCUT2D eigenvalue weighted by Crippen LogP contribution is 2.27. The third kappa shape index (κ3) is 4.94. The van der Waals surface area contributed by atoms with E-state index in [4.69, 9.17) is 4.52 Å². The fraction of sp³-hybridized carbons (Fsp3) is 0.286. The van der Waals surface area contributed by atoms with Crippen molar-refractivity contribution in [3.05, 3.63) is 71.7 Å². The lowest BCUT2D eigenvalue weighted by Crippen LogP contribution is -2.19. The smallest absolute Gasteiger partial charge is 0.326 e. The van der Waals surface area contributed by atoms with E-state index in [9.17, 15) is 4.79 Å². The third-order valence-electron chi connectivity index (χ3n) is 4.69. The molecule has 0 aliphatic heterocycles. The Morgan fingerprint density at radius 1 is 1.04 bits per heavy atom. The summed E-state index contributed by atoms with van der Waals surface area (Å²) in [6.45, 7) is 6.26. The molecule has 140 valence electrons. The zero-order valence-electron chi connectivity index (χ0n) is 15.8. The lowest BCUT2D eigenvalue weighted by molar-refractivity contribution is 0.261. The SMILES string of the molecule is CCC(C)(C)c1cc(NC(=O)Nc2ccc(Cc3ccncc3)cc2)on1. The topological polar surface area (TPSA) is 80.0 Å². The van der Waals surface area contributed by atoms with E-state index in [1.165, 1.54) is 5.56 Å². The van der Waals surface area contributed by atoms with Crippen LogP contribution >= 0.6 is 0 Å². The number of carbonyl (C=O) groups excluding carboxylic acids is 1. The summed E-state index contributed by atoms with van der Waals surface area (Å²) in [7, 11) is 0. The second-order valence-corrected chi connectivity index (χ2v) is 7.12. The van der Waals surface area contributed by atoms with E-state index < -0.39 is 0 Å². The number of nitrogens with zero attached hydrogens (tertiary/aromatic N) is 2. The molecule has 27 heavy (non-hydrogen) atoms. The Labute approximate surface area is 159 Å². The van der Waals surface area contributed by atoms with Gasteiger partial charge in [-0.3, -0.25) is 10.3 Å². The van der Waals surface area contributed by atoms with Crippen LogP contribution in [0.2, 0.25) is 0 Å². The minimum Gasteiger partial charge on any atom is -0.338 e. The quantitative estimate of drug-likeness (QED) is 0.645. The summed E-state index contributed by atoms with van der Waals surface area (Å²) in [5.41, 5.74) is 3.79. The Kier molecular flexibility index (Phi) is 5.54. The zero-order chi connectivity index (χ0) is 19.3. The summed E-state index contributed by atoms with van der Waals surface area (Å²) < 4.78 is 5.22. The third-order valence-corrected chi connectivity index (χ3v) is 4.69. The van der Waals surface area contributed by atoms with Crippen LogP contribution in [0.5, 0.6) is 0 Å². The van der Waals surface area contributed by atoms with Crippen molar-refractivity contribution in [2.24, 2.45) is 0 Å². The molecule has 6 nitrogen and oxygen atoms in total. The fourth-order valence-electron chi connectivity index (χ4n) is 2.55. The number of urea groups is 1. The normalized spacial score (nSPS) is 11.2. The van der Waals surface area contributed by atoms with Gasteiger partial charge in [-0.25, -0.2) is 4.79 Å². The van der Waals surface area contributed by atoms with Crippen molar-refractivity contribution in [2.45, 2.75) is 39.0 Å². The number of anilines is 2. The molecule has 2 N–H and O–H groups in total. The van der Waals surface area contributed by atoms with Crippen LogP contribution < -0.4 is 10.6 Å². The molecule has 1 aromatic carbocycles. The summed E-state index contributed by atoms with van der Waals surface area (Å²) in [5, 5.41) is 9.52. The molecular formula is C21H24N4O2. The maximum absolute atomic E-state index is 12.2. The summed E-state index contributed by atoms with van der Waals surface area (Å²) in [6, 6.07) is 13.1. The van der Waals surface area contributed by atoms with Crippen LogP contribution in [0.4, 0.5) is 16.4 Å². The summed E-state index contributed by atoms with van der Waals surface area (Å²) in [4.78, 5) is 16.2. The standard InChI is InChI=1S/C21H24N4O2/c1-4-21(2,3)18-14-19(27-25-18)24-20(26)23-17-7-5-15(6-8-17)13-16-9-11-22-12-10-16/h5-12,14H,4,13H2,1-3H3,(H2,23,24,26).